The zero-order valence-electron chi connectivity index (χ0n) is 9.59. The van der Waals surface area contributed by atoms with Crippen LogP contribution in [0.25, 0.3) is 0 Å². The lowest BCUT2D eigenvalue weighted by molar-refractivity contribution is 0.601. The van der Waals surface area contributed by atoms with Crippen LogP contribution in [0.5, 0.6) is 11.5 Å². The van der Waals surface area contributed by atoms with Gasteiger partial charge in [-0.2, -0.15) is 0 Å². The first-order chi connectivity index (χ1) is 7.42. The molecular formula is C14H20O. The number of hydrogen-bond acceptors (Lipinski definition) is 1. The van der Waals surface area contributed by atoms with Crippen molar-refractivity contribution in [3.63, 3.8) is 0 Å². The maximum absolute atomic E-state index is 5.36. The number of benzene rings is 1. The highest BCUT2D eigenvalue weighted by molar-refractivity contribution is 5.59. The molecule has 15 heavy (non-hydrogen) atoms. The van der Waals surface area contributed by atoms with Crippen LogP contribution in [-0.2, 0) is 6.42 Å². The summed E-state index contributed by atoms with van der Waals surface area (Å²) in [4.78, 5) is 0. The molecule has 0 fully saturated rings. The molecule has 1 aromatic rings. The van der Waals surface area contributed by atoms with E-state index in [1.54, 1.807) is 0 Å². The minimum absolute atomic E-state index is 1.10. The molecule has 0 spiro atoms. The second-order valence-electron chi connectivity index (χ2n) is 4.36. The van der Waals surface area contributed by atoms with E-state index in [4.69, 9.17) is 4.74 Å². The monoisotopic (exact) mass is 204 g/mol. The van der Waals surface area contributed by atoms with Gasteiger partial charge in [-0.3, -0.25) is 0 Å². The average molecular weight is 204 g/mol. The fourth-order valence-electron chi connectivity index (χ4n) is 2.04. The Hall–Kier alpha value is -0.980. The number of ether oxygens (including phenoxy) is 1. The summed E-state index contributed by atoms with van der Waals surface area (Å²) in [5.41, 5.74) is 1.41. The summed E-state index contributed by atoms with van der Waals surface area (Å²) in [7, 11) is 0. The van der Waals surface area contributed by atoms with Crippen LogP contribution in [-0.4, -0.2) is 0 Å². The van der Waals surface area contributed by atoms with Crippen LogP contribution in [0, 0.1) is 0 Å². The maximum Gasteiger partial charge on any atom is 0.173 e. The van der Waals surface area contributed by atoms with E-state index in [1.165, 1.54) is 50.5 Å². The van der Waals surface area contributed by atoms with Crippen molar-refractivity contribution in [1.29, 1.82) is 0 Å². The van der Waals surface area contributed by atoms with Crippen molar-refractivity contribution in [3.8, 4) is 11.5 Å². The number of para-hydroxylation sites is 1. The Morgan fingerprint density at radius 2 is 1.80 bits per heavy atom. The maximum atomic E-state index is 5.36. The number of aryl methyl sites for hydroxylation is 1. The van der Waals surface area contributed by atoms with E-state index in [0.29, 0.717) is 0 Å². The number of rotatable bonds is 7. The van der Waals surface area contributed by atoms with Gasteiger partial charge in [0.05, 0.1) is 0 Å². The number of fused-ring (bicyclic) bond motifs is 1. The number of unbranched alkanes of at least 4 members (excludes halogenated alkanes) is 5. The second kappa shape index (κ2) is 5.20. The van der Waals surface area contributed by atoms with Gasteiger partial charge in [-0.25, -0.2) is 0 Å². The summed E-state index contributed by atoms with van der Waals surface area (Å²) < 4.78 is 5.36. The third-order valence-electron chi connectivity index (χ3n) is 3.03. The van der Waals surface area contributed by atoms with E-state index in [1.807, 2.05) is 6.07 Å². The van der Waals surface area contributed by atoms with Crippen molar-refractivity contribution in [2.24, 2.45) is 0 Å². The van der Waals surface area contributed by atoms with Gasteiger partial charge < -0.3 is 4.74 Å². The fourth-order valence-corrected chi connectivity index (χ4v) is 2.04. The lowest BCUT2D eigenvalue weighted by Crippen LogP contribution is -1.84. The van der Waals surface area contributed by atoms with Gasteiger partial charge in [0.15, 0.2) is 11.5 Å². The largest absolute Gasteiger partial charge is 0.449 e. The molecule has 1 aliphatic heterocycles. The Labute approximate surface area is 92.5 Å². The Kier molecular flexibility index (Phi) is 3.65. The molecule has 0 aromatic heterocycles. The number of hydrogen-bond donors (Lipinski definition) is 0. The summed E-state index contributed by atoms with van der Waals surface area (Å²) in [6.45, 7) is 2.26. The Bertz CT molecular complexity index is 317. The molecule has 0 N–H and O–H groups in total. The molecule has 0 aliphatic carbocycles. The summed E-state index contributed by atoms with van der Waals surface area (Å²) >= 11 is 0. The van der Waals surface area contributed by atoms with Crippen LogP contribution in [0.2, 0.25) is 0 Å². The molecule has 0 saturated heterocycles. The molecule has 1 aromatic carbocycles. The van der Waals surface area contributed by atoms with Gasteiger partial charge in [0.25, 0.3) is 0 Å². The minimum Gasteiger partial charge on any atom is -0.449 e. The van der Waals surface area contributed by atoms with Crippen LogP contribution >= 0.6 is 0 Å². The zero-order valence-corrected chi connectivity index (χ0v) is 9.59. The quantitative estimate of drug-likeness (QED) is 0.470. The van der Waals surface area contributed by atoms with Crippen molar-refractivity contribution >= 4 is 0 Å². The van der Waals surface area contributed by atoms with E-state index in [0.717, 1.165) is 11.5 Å². The van der Waals surface area contributed by atoms with Crippen molar-refractivity contribution in [2.75, 3.05) is 0 Å². The first kappa shape index (κ1) is 10.5. The van der Waals surface area contributed by atoms with Crippen molar-refractivity contribution in [2.45, 2.75) is 51.9 Å². The van der Waals surface area contributed by atoms with Crippen molar-refractivity contribution < 1.29 is 4.74 Å². The van der Waals surface area contributed by atoms with E-state index in [2.05, 4.69) is 19.1 Å². The van der Waals surface area contributed by atoms with Gasteiger partial charge in [0.2, 0.25) is 0 Å². The van der Waals surface area contributed by atoms with Crippen LogP contribution in [0.4, 0.5) is 0 Å². The molecule has 0 unspecified atom stereocenters. The third kappa shape index (κ3) is 2.98. The molecule has 2 rings (SSSR count). The highest BCUT2D eigenvalue weighted by Gasteiger charge is 2.22. The van der Waals surface area contributed by atoms with E-state index >= 15 is 0 Å². The molecule has 82 valence electrons. The van der Waals surface area contributed by atoms with Gasteiger partial charge in [-0.05, 0) is 24.5 Å². The second-order valence-corrected chi connectivity index (χ2v) is 4.36. The lowest BCUT2D eigenvalue weighted by Gasteiger charge is -2.00. The van der Waals surface area contributed by atoms with Gasteiger partial charge in [-0.15, -0.1) is 0 Å². The van der Waals surface area contributed by atoms with E-state index in [-0.39, 0.29) is 0 Å². The predicted octanol–water partition coefficient (Wildman–Crippen LogP) is 4.70. The lowest BCUT2D eigenvalue weighted by atomic mass is 10.1. The molecule has 1 aliphatic rings. The molecule has 1 nitrogen and oxygen atoms in total. The molecule has 1 heterocycles. The van der Waals surface area contributed by atoms with E-state index < -0.39 is 0 Å². The van der Waals surface area contributed by atoms with Crippen molar-refractivity contribution in [3.05, 3.63) is 23.8 Å². The molecule has 0 amide bonds. The molecule has 0 atom stereocenters. The third-order valence-corrected chi connectivity index (χ3v) is 3.03. The topological polar surface area (TPSA) is 12.5 Å². The van der Waals surface area contributed by atoms with E-state index in [9.17, 15) is 0 Å². The molecule has 1 heteroatoms. The summed E-state index contributed by atoms with van der Waals surface area (Å²) in [6.07, 6.45) is 9.38. The van der Waals surface area contributed by atoms with Crippen molar-refractivity contribution in [1.82, 2.24) is 0 Å². The Balaban J connectivity index is 1.61. The Morgan fingerprint density at radius 1 is 1.00 bits per heavy atom. The summed E-state index contributed by atoms with van der Waals surface area (Å²) in [5.74, 6) is 2.25. The molecule has 0 radical (unpaired) electrons. The molecule has 0 bridgehead atoms. The smallest absolute Gasteiger partial charge is 0.173 e. The van der Waals surface area contributed by atoms with Crippen LogP contribution in [0.1, 0.15) is 51.0 Å². The van der Waals surface area contributed by atoms with Gasteiger partial charge in [-0.1, -0.05) is 51.2 Å². The van der Waals surface area contributed by atoms with Crippen LogP contribution < -0.4 is 4.74 Å². The zero-order chi connectivity index (χ0) is 10.5. The standard InChI is InChI=1S/C14H20O/c1-2-3-4-5-6-7-9-12-10-8-11-13-14(12)15-13/h8,10-11H,2-7,9H2,1H3. The van der Waals surface area contributed by atoms with Gasteiger partial charge in [0, 0.05) is 0 Å². The van der Waals surface area contributed by atoms with Gasteiger partial charge in [0.1, 0.15) is 0 Å². The normalized spacial score (nSPS) is 12.1. The van der Waals surface area contributed by atoms with Crippen LogP contribution in [0.3, 0.4) is 0 Å². The van der Waals surface area contributed by atoms with Gasteiger partial charge >= 0.3 is 0 Å². The molecule has 0 saturated carbocycles. The van der Waals surface area contributed by atoms with Crippen LogP contribution in [0.15, 0.2) is 18.2 Å². The molecular weight excluding hydrogens is 184 g/mol. The highest BCUT2D eigenvalue weighted by Crippen LogP contribution is 2.48. The SMILES string of the molecule is CCCCCCCCc1cccc2c1O2. The minimum atomic E-state index is 1.10. The first-order valence-electron chi connectivity index (χ1n) is 6.21. The predicted molar refractivity (Wildman–Crippen MR) is 63.6 cm³/mol. The average Bonchev–Trinajstić information content (AvgIpc) is 3.02. The first-order valence-corrected chi connectivity index (χ1v) is 6.21. The summed E-state index contributed by atoms with van der Waals surface area (Å²) in [6, 6.07) is 6.33. The Morgan fingerprint density at radius 3 is 2.67 bits per heavy atom. The highest BCUT2D eigenvalue weighted by atomic mass is 16.6. The summed E-state index contributed by atoms with van der Waals surface area (Å²) in [5, 5.41) is 0. The fraction of sp³-hybridized carbons (Fsp3) is 0.571.